The van der Waals surface area contributed by atoms with Gasteiger partial charge in [0.15, 0.2) is 0 Å². The molecule has 0 saturated heterocycles. The summed E-state index contributed by atoms with van der Waals surface area (Å²) in [6.45, 7) is 0.297. The highest BCUT2D eigenvalue weighted by Gasteiger charge is 1.89. The average Bonchev–Trinajstić information content (AvgIpc) is 2.25. The lowest BCUT2D eigenvalue weighted by atomic mass is 10.1. The van der Waals surface area contributed by atoms with Crippen molar-refractivity contribution in [1.82, 2.24) is 0 Å². The SMILES string of the molecule is O=CCN=CCCCc1ccccc1. The lowest BCUT2D eigenvalue weighted by molar-refractivity contribution is -0.106. The van der Waals surface area contributed by atoms with Crippen LogP contribution in [0, 0.1) is 0 Å². The molecule has 0 saturated carbocycles. The number of unbranched alkanes of at least 4 members (excludes halogenated alkanes) is 1. The van der Waals surface area contributed by atoms with Crippen molar-refractivity contribution in [3.8, 4) is 0 Å². The second kappa shape index (κ2) is 7.01. The van der Waals surface area contributed by atoms with Gasteiger partial charge in [0, 0.05) is 0 Å². The summed E-state index contributed by atoms with van der Waals surface area (Å²) in [5.74, 6) is 0. The van der Waals surface area contributed by atoms with E-state index < -0.39 is 0 Å². The van der Waals surface area contributed by atoms with Crippen LogP contribution in [0.3, 0.4) is 0 Å². The summed E-state index contributed by atoms with van der Waals surface area (Å²) in [6, 6.07) is 10.4. The third-order valence-corrected chi connectivity index (χ3v) is 1.95. The maximum absolute atomic E-state index is 9.95. The summed E-state index contributed by atoms with van der Waals surface area (Å²) in [6.07, 6.45) is 5.76. The minimum atomic E-state index is 0.297. The highest BCUT2D eigenvalue weighted by molar-refractivity contribution is 5.61. The lowest BCUT2D eigenvalue weighted by Crippen LogP contribution is -1.87. The Morgan fingerprint density at radius 1 is 1.21 bits per heavy atom. The van der Waals surface area contributed by atoms with Gasteiger partial charge in [0.25, 0.3) is 0 Å². The third kappa shape index (κ3) is 4.55. The normalized spacial score (nSPS) is 10.6. The molecular formula is C12H15NO. The van der Waals surface area contributed by atoms with Gasteiger partial charge >= 0.3 is 0 Å². The summed E-state index contributed by atoms with van der Waals surface area (Å²) < 4.78 is 0. The molecule has 74 valence electrons. The Balaban J connectivity index is 2.13. The second-order valence-corrected chi connectivity index (χ2v) is 3.09. The van der Waals surface area contributed by atoms with Crippen molar-refractivity contribution < 1.29 is 4.79 Å². The van der Waals surface area contributed by atoms with Crippen molar-refractivity contribution in [2.45, 2.75) is 19.3 Å². The van der Waals surface area contributed by atoms with E-state index in [1.165, 1.54) is 5.56 Å². The van der Waals surface area contributed by atoms with Crippen LogP contribution in [0.25, 0.3) is 0 Å². The first kappa shape index (κ1) is 10.6. The molecule has 14 heavy (non-hydrogen) atoms. The molecule has 0 heterocycles. The summed E-state index contributed by atoms with van der Waals surface area (Å²) >= 11 is 0. The van der Waals surface area contributed by atoms with Crippen molar-refractivity contribution in [3.63, 3.8) is 0 Å². The van der Waals surface area contributed by atoms with E-state index in [1.807, 2.05) is 12.3 Å². The number of carbonyl (C=O) groups excluding carboxylic acids is 1. The zero-order chi connectivity index (χ0) is 10.1. The first-order valence-electron chi connectivity index (χ1n) is 4.89. The molecular weight excluding hydrogens is 174 g/mol. The van der Waals surface area contributed by atoms with E-state index in [1.54, 1.807) is 0 Å². The number of aliphatic imine (C=N–C) groups is 1. The van der Waals surface area contributed by atoms with E-state index in [0.717, 1.165) is 25.5 Å². The largest absolute Gasteiger partial charge is 0.301 e. The molecule has 0 bridgehead atoms. The van der Waals surface area contributed by atoms with Crippen LogP contribution in [-0.4, -0.2) is 19.0 Å². The second-order valence-electron chi connectivity index (χ2n) is 3.09. The number of aldehydes is 1. The van der Waals surface area contributed by atoms with Gasteiger partial charge < -0.3 is 4.79 Å². The quantitative estimate of drug-likeness (QED) is 0.383. The molecule has 1 aromatic rings. The minimum Gasteiger partial charge on any atom is -0.301 e. The molecule has 2 heteroatoms. The first-order chi connectivity index (χ1) is 6.93. The van der Waals surface area contributed by atoms with Gasteiger partial charge in [-0.1, -0.05) is 30.3 Å². The molecule has 0 aliphatic carbocycles. The summed E-state index contributed by atoms with van der Waals surface area (Å²) in [4.78, 5) is 13.9. The molecule has 0 fully saturated rings. The number of carbonyl (C=O) groups is 1. The number of aryl methyl sites for hydroxylation is 1. The van der Waals surface area contributed by atoms with Gasteiger partial charge in [0.05, 0.1) is 6.54 Å². The predicted molar refractivity (Wildman–Crippen MR) is 58.8 cm³/mol. The van der Waals surface area contributed by atoms with Crippen molar-refractivity contribution in [2.24, 2.45) is 4.99 Å². The van der Waals surface area contributed by atoms with Crippen LogP contribution in [0.2, 0.25) is 0 Å². The standard InChI is InChI=1S/C12H15NO/c14-11-10-13-9-5-4-8-12-6-2-1-3-7-12/h1-3,6-7,9,11H,4-5,8,10H2. The first-order valence-corrected chi connectivity index (χ1v) is 4.89. The molecule has 1 aromatic carbocycles. The number of nitrogens with zero attached hydrogens (tertiary/aromatic N) is 1. The Morgan fingerprint density at radius 3 is 2.71 bits per heavy atom. The maximum Gasteiger partial charge on any atom is 0.141 e. The number of hydrogen-bond acceptors (Lipinski definition) is 2. The van der Waals surface area contributed by atoms with Crippen LogP contribution in [0.15, 0.2) is 35.3 Å². The maximum atomic E-state index is 9.95. The van der Waals surface area contributed by atoms with Gasteiger partial charge in [0.2, 0.25) is 0 Å². The van der Waals surface area contributed by atoms with E-state index in [4.69, 9.17) is 0 Å². The molecule has 0 radical (unpaired) electrons. The molecule has 0 aromatic heterocycles. The summed E-state index contributed by atoms with van der Waals surface area (Å²) in [5.41, 5.74) is 1.36. The van der Waals surface area contributed by atoms with Gasteiger partial charge in [0.1, 0.15) is 6.29 Å². The third-order valence-electron chi connectivity index (χ3n) is 1.95. The minimum absolute atomic E-state index is 0.297. The number of hydrogen-bond donors (Lipinski definition) is 0. The van der Waals surface area contributed by atoms with E-state index in [9.17, 15) is 4.79 Å². The Labute approximate surface area is 84.7 Å². The van der Waals surface area contributed by atoms with Crippen LogP contribution in [0.1, 0.15) is 18.4 Å². The fourth-order valence-corrected chi connectivity index (χ4v) is 1.25. The molecule has 2 nitrogen and oxygen atoms in total. The van der Waals surface area contributed by atoms with Gasteiger partial charge in [-0.2, -0.15) is 0 Å². The fourth-order valence-electron chi connectivity index (χ4n) is 1.25. The van der Waals surface area contributed by atoms with Crippen LogP contribution in [-0.2, 0) is 11.2 Å². The van der Waals surface area contributed by atoms with Crippen LogP contribution in [0.4, 0.5) is 0 Å². The fraction of sp³-hybridized carbons (Fsp3) is 0.333. The molecule has 0 unspecified atom stereocenters. The average molecular weight is 189 g/mol. The number of rotatable bonds is 6. The Morgan fingerprint density at radius 2 is 2.00 bits per heavy atom. The smallest absolute Gasteiger partial charge is 0.141 e. The van der Waals surface area contributed by atoms with E-state index >= 15 is 0 Å². The number of benzene rings is 1. The van der Waals surface area contributed by atoms with E-state index in [2.05, 4.69) is 29.3 Å². The van der Waals surface area contributed by atoms with Crippen LogP contribution in [0.5, 0.6) is 0 Å². The van der Waals surface area contributed by atoms with E-state index in [-0.39, 0.29) is 0 Å². The molecule has 0 aliphatic rings. The van der Waals surface area contributed by atoms with Gasteiger partial charge in [-0.3, -0.25) is 4.99 Å². The van der Waals surface area contributed by atoms with Crippen LogP contribution >= 0.6 is 0 Å². The predicted octanol–water partition coefficient (Wildman–Crippen LogP) is 2.28. The van der Waals surface area contributed by atoms with Crippen molar-refractivity contribution in [2.75, 3.05) is 6.54 Å². The van der Waals surface area contributed by atoms with Crippen molar-refractivity contribution in [1.29, 1.82) is 0 Å². The molecule has 0 N–H and O–H groups in total. The summed E-state index contributed by atoms with van der Waals surface area (Å²) in [5, 5.41) is 0. The molecule has 0 amide bonds. The zero-order valence-corrected chi connectivity index (χ0v) is 8.23. The highest BCUT2D eigenvalue weighted by Crippen LogP contribution is 2.03. The molecule has 0 atom stereocenters. The molecule has 0 spiro atoms. The molecule has 1 rings (SSSR count). The van der Waals surface area contributed by atoms with Crippen molar-refractivity contribution in [3.05, 3.63) is 35.9 Å². The lowest BCUT2D eigenvalue weighted by Gasteiger charge is -1.97. The molecule has 0 aliphatic heterocycles. The van der Waals surface area contributed by atoms with Gasteiger partial charge in [-0.15, -0.1) is 0 Å². The monoisotopic (exact) mass is 189 g/mol. The van der Waals surface area contributed by atoms with Gasteiger partial charge in [-0.05, 0) is 31.0 Å². The van der Waals surface area contributed by atoms with Crippen LogP contribution < -0.4 is 0 Å². The Kier molecular flexibility index (Phi) is 5.33. The zero-order valence-electron chi connectivity index (χ0n) is 8.23. The van der Waals surface area contributed by atoms with Crippen molar-refractivity contribution >= 4 is 12.5 Å². The summed E-state index contributed by atoms with van der Waals surface area (Å²) in [7, 11) is 0. The highest BCUT2D eigenvalue weighted by atomic mass is 16.1. The topological polar surface area (TPSA) is 29.4 Å². The van der Waals surface area contributed by atoms with E-state index in [0.29, 0.717) is 6.54 Å². The van der Waals surface area contributed by atoms with Gasteiger partial charge in [-0.25, -0.2) is 0 Å². The Bertz CT molecular complexity index is 280. The Hall–Kier alpha value is -1.44.